The third kappa shape index (κ3) is 5.52. The molecule has 27 heavy (non-hydrogen) atoms. The second-order valence-corrected chi connectivity index (χ2v) is 9.29. The molecule has 1 saturated heterocycles. The SMILES string of the molecule is O=S(=O)(c1cccc(Br)c1)N1CCN(CC(O)COc2ccccc2)CC1. The zero-order valence-corrected chi connectivity index (χ0v) is 17.3. The summed E-state index contributed by atoms with van der Waals surface area (Å²) in [6.45, 7) is 2.63. The number of benzene rings is 2. The predicted octanol–water partition coefficient (Wildman–Crippen LogP) is 2.20. The molecule has 1 aliphatic heterocycles. The Kier molecular flexibility index (Phi) is 6.88. The molecule has 0 spiro atoms. The van der Waals surface area contributed by atoms with E-state index in [0.717, 1.165) is 10.2 Å². The van der Waals surface area contributed by atoms with Crippen molar-refractivity contribution in [2.24, 2.45) is 0 Å². The monoisotopic (exact) mass is 454 g/mol. The minimum atomic E-state index is -3.49. The van der Waals surface area contributed by atoms with E-state index in [2.05, 4.69) is 20.8 Å². The molecule has 0 aliphatic carbocycles. The van der Waals surface area contributed by atoms with Gasteiger partial charge in [0.05, 0.1) is 4.90 Å². The fourth-order valence-electron chi connectivity index (χ4n) is 2.99. The normalized spacial score (nSPS) is 17.6. The van der Waals surface area contributed by atoms with Gasteiger partial charge in [0.25, 0.3) is 0 Å². The maximum absolute atomic E-state index is 12.7. The van der Waals surface area contributed by atoms with E-state index in [1.54, 1.807) is 24.3 Å². The van der Waals surface area contributed by atoms with E-state index < -0.39 is 16.1 Å². The number of sulfonamides is 1. The fraction of sp³-hybridized carbons (Fsp3) is 0.368. The maximum atomic E-state index is 12.7. The second kappa shape index (κ2) is 9.16. The number of nitrogens with zero attached hydrogens (tertiary/aromatic N) is 2. The molecule has 1 heterocycles. The summed E-state index contributed by atoms with van der Waals surface area (Å²) in [5, 5.41) is 10.2. The number of aliphatic hydroxyl groups is 1. The van der Waals surface area contributed by atoms with Gasteiger partial charge in [-0.3, -0.25) is 4.90 Å². The quantitative estimate of drug-likeness (QED) is 0.694. The molecule has 0 saturated carbocycles. The molecule has 146 valence electrons. The fourth-order valence-corrected chi connectivity index (χ4v) is 5.01. The lowest BCUT2D eigenvalue weighted by atomic mass is 10.3. The lowest BCUT2D eigenvalue weighted by Gasteiger charge is -2.34. The highest BCUT2D eigenvalue weighted by atomic mass is 79.9. The van der Waals surface area contributed by atoms with Crippen LogP contribution in [0.5, 0.6) is 5.75 Å². The molecule has 2 aromatic rings. The molecule has 1 atom stereocenters. The molecule has 1 N–H and O–H groups in total. The Morgan fingerprint density at radius 1 is 1.04 bits per heavy atom. The van der Waals surface area contributed by atoms with Gasteiger partial charge in [0, 0.05) is 37.2 Å². The van der Waals surface area contributed by atoms with E-state index in [-0.39, 0.29) is 6.61 Å². The Hall–Kier alpha value is -1.45. The largest absolute Gasteiger partial charge is 0.491 e. The zero-order chi connectivity index (χ0) is 19.3. The number of para-hydroxylation sites is 1. The predicted molar refractivity (Wildman–Crippen MR) is 107 cm³/mol. The number of β-amino-alcohol motifs (C(OH)–C–C–N with tert-alkyl or cyclic N) is 1. The van der Waals surface area contributed by atoms with Crippen LogP contribution < -0.4 is 4.74 Å². The number of hydrogen-bond acceptors (Lipinski definition) is 5. The molecule has 0 bridgehead atoms. The summed E-state index contributed by atoms with van der Waals surface area (Å²) in [5.74, 6) is 0.724. The van der Waals surface area contributed by atoms with Crippen LogP contribution >= 0.6 is 15.9 Å². The van der Waals surface area contributed by atoms with Crippen molar-refractivity contribution in [3.05, 3.63) is 59.1 Å². The lowest BCUT2D eigenvalue weighted by molar-refractivity contribution is 0.0569. The Labute approximate surface area is 168 Å². The van der Waals surface area contributed by atoms with Crippen molar-refractivity contribution in [2.75, 3.05) is 39.3 Å². The number of hydrogen-bond donors (Lipinski definition) is 1. The summed E-state index contributed by atoms with van der Waals surface area (Å²) in [7, 11) is -3.49. The minimum Gasteiger partial charge on any atom is -0.491 e. The molecule has 3 rings (SSSR count). The summed E-state index contributed by atoms with van der Waals surface area (Å²) >= 11 is 3.32. The molecule has 0 amide bonds. The number of piperazine rings is 1. The van der Waals surface area contributed by atoms with Crippen molar-refractivity contribution < 1.29 is 18.3 Å². The van der Waals surface area contributed by atoms with Crippen molar-refractivity contribution in [1.29, 1.82) is 0 Å². The van der Waals surface area contributed by atoms with E-state index in [0.29, 0.717) is 37.6 Å². The van der Waals surface area contributed by atoms with Crippen LogP contribution in [0.25, 0.3) is 0 Å². The molecule has 0 radical (unpaired) electrons. The van der Waals surface area contributed by atoms with Gasteiger partial charge < -0.3 is 9.84 Å². The lowest BCUT2D eigenvalue weighted by Crippen LogP contribution is -2.50. The van der Waals surface area contributed by atoms with E-state index in [1.165, 1.54) is 4.31 Å². The highest BCUT2D eigenvalue weighted by Crippen LogP contribution is 2.21. The summed E-state index contributed by atoms with van der Waals surface area (Å²) in [5.41, 5.74) is 0. The van der Waals surface area contributed by atoms with Gasteiger partial charge in [0.15, 0.2) is 0 Å². The van der Waals surface area contributed by atoms with Gasteiger partial charge in [-0.25, -0.2) is 8.42 Å². The van der Waals surface area contributed by atoms with Gasteiger partial charge in [-0.1, -0.05) is 40.2 Å². The van der Waals surface area contributed by atoms with Gasteiger partial charge in [-0.05, 0) is 30.3 Å². The molecule has 6 nitrogen and oxygen atoms in total. The summed E-state index contributed by atoms with van der Waals surface area (Å²) in [6, 6.07) is 16.1. The van der Waals surface area contributed by atoms with Crippen molar-refractivity contribution in [2.45, 2.75) is 11.0 Å². The number of aliphatic hydroxyl groups excluding tert-OH is 1. The molecule has 1 fully saturated rings. The van der Waals surface area contributed by atoms with E-state index in [4.69, 9.17) is 4.74 Å². The van der Waals surface area contributed by atoms with Crippen LogP contribution in [0.2, 0.25) is 0 Å². The van der Waals surface area contributed by atoms with Crippen LogP contribution in [0.4, 0.5) is 0 Å². The second-order valence-electron chi connectivity index (χ2n) is 6.44. The van der Waals surface area contributed by atoms with Crippen molar-refractivity contribution in [1.82, 2.24) is 9.21 Å². The molecule has 2 aromatic carbocycles. The molecule has 1 unspecified atom stereocenters. The van der Waals surface area contributed by atoms with Gasteiger partial charge >= 0.3 is 0 Å². The maximum Gasteiger partial charge on any atom is 0.243 e. The molecular formula is C19H23BrN2O4S. The molecule has 8 heteroatoms. The minimum absolute atomic E-state index is 0.209. The standard InChI is InChI=1S/C19H23BrN2O4S/c20-16-5-4-8-19(13-16)27(24,25)22-11-9-21(10-12-22)14-17(23)15-26-18-6-2-1-3-7-18/h1-8,13,17,23H,9-12,14-15H2. The van der Waals surface area contributed by atoms with Crippen LogP contribution in [0, 0.1) is 0 Å². The highest BCUT2D eigenvalue weighted by Gasteiger charge is 2.29. The molecule has 1 aliphatic rings. The van der Waals surface area contributed by atoms with Gasteiger partial charge in [0.2, 0.25) is 10.0 Å². The molecular weight excluding hydrogens is 432 g/mol. The summed E-state index contributed by atoms with van der Waals surface area (Å²) in [4.78, 5) is 2.35. The Balaban J connectivity index is 1.48. The van der Waals surface area contributed by atoms with Crippen LogP contribution in [-0.4, -0.2) is 68.2 Å². The number of ether oxygens (including phenoxy) is 1. The van der Waals surface area contributed by atoms with Gasteiger partial charge in [-0.2, -0.15) is 4.31 Å². The number of halogens is 1. The Morgan fingerprint density at radius 2 is 1.74 bits per heavy atom. The first-order chi connectivity index (χ1) is 12.9. The summed E-state index contributed by atoms with van der Waals surface area (Å²) in [6.07, 6.45) is -0.626. The Morgan fingerprint density at radius 3 is 2.41 bits per heavy atom. The smallest absolute Gasteiger partial charge is 0.243 e. The topological polar surface area (TPSA) is 70.1 Å². The van der Waals surface area contributed by atoms with Crippen LogP contribution in [0.15, 0.2) is 64.0 Å². The third-order valence-corrected chi connectivity index (χ3v) is 6.81. The van der Waals surface area contributed by atoms with Crippen LogP contribution in [-0.2, 0) is 10.0 Å². The van der Waals surface area contributed by atoms with E-state index in [9.17, 15) is 13.5 Å². The molecule has 0 aromatic heterocycles. The average molecular weight is 455 g/mol. The van der Waals surface area contributed by atoms with E-state index >= 15 is 0 Å². The van der Waals surface area contributed by atoms with Crippen molar-refractivity contribution in [3.63, 3.8) is 0 Å². The number of rotatable bonds is 7. The first-order valence-corrected chi connectivity index (χ1v) is 11.0. The van der Waals surface area contributed by atoms with E-state index in [1.807, 2.05) is 30.3 Å². The first-order valence-electron chi connectivity index (χ1n) is 8.79. The van der Waals surface area contributed by atoms with Crippen LogP contribution in [0.3, 0.4) is 0 Å². The van der Waals surface area contributed by atoms with Gasteiger partial charge in [0.1, 0.15) is 18.5 Å². The van der Waals surface area contributed by atoms with Crippen molar-refractivity contribution >= 4 is 26.0 Å². The highest BCUT2D eigenvalue weighted by molar-refractivity contribution is 9.10. The summed E-state index contributed by atoms with van der Waals surface area (Å²) < 4.78 is 33.3. The van der Waals surface area contributed by atoms with Crippen molar-refractivity contribution in [3.8, 4) is 5.75 Å². The van der Waals surface area contributed by atoms with Crippen LogP contribution in [0.1, 0.15) is 0 Å². The third-order valence-electron chi connectivity index (χ3n) is 4.42. The first kappa shape index (κ1) is 20.3. The average Bonchev–Trinajstić information content (AvgIpc) is 2.68. The zero-order valence-electron chi connectivity index (χ0n) is 14.9. The Bertz CT molecular complexity index is 840. The van der Waals surface area contributed by atoms with Gasteiger partial charge in [-0.15, -0.1) is 0 Å².